The summed E-state index contributed by atoms with van der Waals surface area (Å²) in [6.45, 7) is 7.18. The van der Waals surface area contributed by atoms with Gasteiger partial charge in [-0.2, -0.15) is 0 Å². The summed E-state index contributed by atoms with van der Waals surface area (Å²) >= 11 is 0. The van der Waals surface area contributed by atoms with Crippen LogP contribution < -0.4 is 10.2 Å². The summed E-state index contributed by atoms with van der Waals surface area (Å²) in [5, 5.41) is 3.35. The number of ketones is 1. The number of aromatic nitrogens is 3. The fourth-order valence-corrected chi connectivity index (χ4v) is 6.83. The summed E-state index contributed by atoms with van der Waals surface area (Å²) < 4.78 is 0. The molecule has 0 spiro atoms. The van der Waals surface area contributed by atoms with Crippen LogP contribution in [0.2, 0.25) is 0 Å². The Labute approximate surface area is 230 Å². The van der Waals surface area contributed by atoms with Crippen LogP contribution in [0.3, 0.4) is 0 Å². The van der Waals surface area contributed by atoms with Crippen molar-refractivity contribution in [3.05, 3.63) is 42.2 Å². The van der Waals surface area contributed by atoms with E-state index in [0.717, 1.165) is 101 Å². The van der Waals surface area contributed by atoms with Gasteiger partial charge in [0.2, 0.25) is 5.91 Å². The molecule has 1 amide bonds. The lowest BCUT2D eigenvalue weighted by Gasteiger charge is -2.38. The molecular formula is C31H40N6O2. The van der Waals surface area contributed by atoms with Crippen LogP contribution in [0.4, 0.5) is 5.69 Å². The summed E-state index contributed by atoms with van der Waals surface area (Å²) in [6, 6.07) is 8.39. The third kappa shape index (κ3) is 5.07. The molecule has 1 aromatic carbocycles. The smallest absolute Gasteiger partial charge is 0.225 e. The lowest BCUT2D eigenvalue weighted by molar-refractivity contribution is -0.136. The Bertz CT molecular complexity index is 1330. The topological polar surface area (TPSA) is 94.2 Å². The van der Waals surface area contributed by atoms with Crippen LogP contribution in [0.15, 0.2) is 36.7 Å². The Hall–Kier alpha value is -3.26. The maximum atomic E-state index is 13.8. The fraction of sp³-hybridized carbons (Fsp3) is 0.548. The molecule has 2 saturated heterocycles. The summed E-state index contributed by atoms with van der Waals surface area (Å²) in [4.78, 5) is 44.0. The number of carbonyl (C=O) groups is 2. The molecule has 3 aromatic rings. The molecule has 8 nitrogen and oxygen atoms in total. The lowest BCUT2D eigenvalue weighted by Crippen LogP contribution is -2.51. The number of hydrogen-bond acceptors (Lipinski definition) is 6. The zero-order chi connectivity index (χ0) is 26.8. The summed E-state index contributed by atoms with van der Waals surface area (Å²) in [7, 11) is 0. The van der Waals surface area contributed by atoms with E-state index in [4.69, 9.17) is 4.98 Å². The second-order valence-electron chi connectivity index (χ2n) is 11.6. The number of Topliss-reactive ketones (excluding diaryl/α,β-unsaturated/α-hetero) is 1. The van der Waals surface area contributed by atoms with Gasteiger partial charge >= 0.3 is 0 Å². The third-order valence-electron chi connectivity index (χ3n) is 9.38. The quantitative estimate of drug-likeness (QED) is 0.446. The van der Waals surface area contributed by atoms with Gasteiger partial charge < -0.3 is 20.1 Å². The van der Waals surface area contributed by atoms with E-state index in [1.807, 2.05) is 6.20 Å². The number of carbonyl (C=O) groups excluding carboxylic acids is 2. The second-order valence-corrected chi connectivity index (χ2v) is 11.6. The van der Waals surface area contributed by atoms with Crippen molar-refractivity contribution >= 4 is 28.5 Å². The Kier molecular flexibility index (Phi) is 7.38. The predicted octanol–water partition coefficient (Wildman–Crippen LogP) is 4.82. The van der Waals surface area contributed by atoms with Gasteiger partial charge in [-0.25, -0.2) is 9.97 Å². The lowest BCUT2D eigenvalue weighted by atomic mass is 9.68. The molecule has 1 aliphatic carbocycles. The van der Waals surface area contributed by atoms with Gasteiger partial charge in [-0.15, -0.1) is 0 Å². The molecule has 2 aromatic heterocycles. The highest BCUT2D eigenvalue weighted by molar-refractivity contribution is 6.09. The molecule has 0 bridgehead atoms. The van der Waals surface area contributed by atoms with E-state index >= 15 is 0 Å². The number of nitrogens with one attached hydrogen (secondary N) is 2. The van der Waals surface area contributed by atoms with Crippen molar-refractivity contribution < 1.29 is 9.59 Å². The van der Waals surface area contributed by atoms with E-state index in [9.17, 15) is 9.59 Å². The SMILES string of the molecule is CCC1(C(=O)c2c[nH]c3ncc(-c4cccc(N5CCN(C(=O)C6CCNCC6)CC5)c4)nc23)CCCCC1. The standard InChI is InChI=1S/C31H40N6O2/c1-2-31(11-4-3-5-12-31)28(38)25-20-33-29-27(25)35-26(21-34-29)23-7-6-8-24(19-23)36-15-17-37(18-16-36)30(39)22-9-13-32-14-10-22/h6-8,19-22,32H,2-5,9-18H2,1H3,(H,33,34). The van der Waals surface area contributed by atoms with Crippen LogP contribution in [0.25, 0.3) is 22.4 Å². The van der Waals surface area contributed by atoms with Gasteiger partial charge in [0, 0.05) is 55.0 Å². The Morgan fingerprint density at radius 2 is 1.82 bits per heavy atom. The number of rotatable bonds is 6. The highest BCUT2D eigenvalue weighted by Crippen LogP contribution is 2.42. The number of piperazine rings is 1. The summed E-state index contributed by atoms with van der Waals surface area (Å²) in [6.07, 6.45) is 11.7. The van der Waals surface area contributed by atoms with Crippen LogP contribution in [0, 0.1) is 11.3 Å². The van der Waals surface area contributed by atoms with Crippen molar-refractivity contribution in [3.63, 3.8) is 0 Å². The Balaban J connectivity index is 1.19. The molecule has 0 atom stereocenters. The fourth-order valence-electron chi connectivity index (χ4n) is 6.83. The molecule has 0 unspecified atom stereocenters. The number of fused-ring (bicyclic) bond motifs is 1. The van der Waals surface area contributed by atoms with Crippen molar-refractivity contribution in [2.75, 3.05) is 44.2 Å². The number of piperidine rings is 1. The van der Waals surface area contributed by atoms with Gasteiger partial charge in [-0.05, 0) is 57.3 Å². The third-order valence-corrected chi connectivity index (χ3v) is 9.38. The molecule has 6 rings (SSSR count). The first-order valence-electron chi connectivity index (χ1n) is 14.8. The molecule has 2 aliphatic heterocycles. The van der Waals surface area contributed by atoms with E-state index < -0.39 is 0 Å². The second kappa shape index (κ2) is 11.1. The Morgan fingerprint density at radius 3 is 2.56 bits per heavy atom. The van der Waals surface area contributed by atoms with Gasteiger partial charge in [-0.1, -0.05) is 38.3 Å². The first-order chi connectivity index (χ1) is 19.1. The predicted molar refractivity (Wildman–Crippen MR) is 154 cm³/mol. The minimum absolute atomic E-state index is 0.171. The summed E-state index contributed by atoms with van der Waals surface area (Å²) in [5.41, 5.74) is 4.61. The van der Waals surface area contributed by atoms with E-state index in [1.54, 1.807) is 6.20 Å². The molecule has 1 saturated carbocycles. The van der Waals surface area contributed by atoms with E-state index in [-0.39, 0.29) is 17.1 Å². The van der Waals surface area contributed by atoms with Crippen molar-refractivity contribution in [3.8, 4) is 11.3 Å². The normalized spacial score (nSPS) is 20.3. The number of H-pyrrole nitrogens is 1. The number of aromatic amines is 1. The zero-order valence-electron chi connectivity index (χ0n) is 23.0. The molecule has 2 N–H and O–H groups in total. The molecule has 8 heteroatoms. The first-order valence-corrected chi connectivity index (χ1v) is 14.8. The van der Waals surface area contributed by atoms with Gasteiger partial charge in [-0.3, -0.25) is 9.59 Å². The monoisotopic (exact) mass is 528 g/mol. The van der Waals surface area contributed by atoms with Crippen molar-refractivity contribution in [2.24, 2.45) is 11.3 Å². The van der Waals surface area contributed by atoms with Gasteiger partial charge in [0.25, 0.3) is 0 Å². The largest absolute Gasteiger partial charge is 0.368 e. The van der Waals surface area contributed by atoms with Crippen LogP contribution in [-0.2, 0) is 4.79 Å². The zero-order valence-corrected chi connectivity index (χ0v) is 23.0. The molecular weight excluding hydrogens is 488 g/mol. The molecule has 3 fully saturated rings. The minimum Gasteiger partial charge on any atom is -0.368 e. The summed E-state index contributed by atoms with van der Waals surface area (Å²) in [5.74, 6) is 0.710. The number of amides is 1. The van der Waals surface area contributed by atoms with E-state index in [1.165, 1.54) is 6.42 Å². The van der Waals surface area contributed by atoms with Gasteiger partial charge in [0.15, 0.2) is 11.4 Å². The van der Waals surface area contributed by atoms with Crippen molar-refractivity contribution in [2.45, 2.75) is 58.3 Å². The molecule has 4 heterocycles. The number of nitrogens with zero attached hydrogens (tertiary/aromatic N) is 4. The minimum atomic E-state index is -0.275. The molecule has 39 heavy (non-hydrogen) atoms. The first kappa shape index (κ1) is 26.0. The molecule has 3 aliphatic rings. The van der Waals surface area contributed by atoms with Crippen LogP contribution in [-0.4, -0.2) is 70.8 Å². The van der Waals surface area contributed by atoms with Crippen LogP contribution in [0.5, 0.6) is 0 Å². The van der Waals surface area contributed by atoms with Crippen LogP contribution in [0.1, 0.15) is 68.6 Å². The molecule has 206 valence electrons. The van der Waals surface area contributed by atoms with Crippen molar-refractivity contribution in [1.29, 1.82) is 0 Å². The average Bonchev–Trinajstić information content (AvgIpc) is 3.44. The van der Waals surface area contributed by atoms with E-state index in [2.05, 4.69) is 56.3 Å². The van der Waals surface area contributed by atoms with Crippen molar-refractivity contribution in [1.82, 2.24) is 25.2 Å². The van der Waals surface area contributed by atoms with Gasteiger partial charge in [0.05, 0.1) is 17.5 Å². The highest BCUT2D eigenvalue weighted by Gasteiger charge is 2.39. The number of hydrogen-bond donors (Lipinski definition) is 2. The molecule has 0 radical (unpaired) electrons. The van der Waals surface area contributed by atoms with E-state index in [0.29, 0.717) is 22.6 Å². The number of benzene rings is 1. The maximum Gasteiger partial charge on any atom is 0.225 e. The average molecular weight is 529 g/mol. The van der Waals surface area contributed by atoms with Gasteiger partial charge in [0.1, 0.15) is 5.52 Å². The maximum absolute atomic E-state index is 13.8. The number of anilines is 1. The Morgan fingerprint density at radius 1 is 1.05 bits per heavy atom. The van der Waals surface area contributed by atoms with Crippen LogP contribution >= 0.6 is 0 Å². The highest BCUT2D eigenvalue weighted by atomic mass is 16.2.